The number of rotatable bonds is 3. The van der Waals surface area contributed by atoms with Crippen molar-refractivity contribution in [1.29, 1.82) is 0 Å². The molecule has 0 saturated carbocycles. The molecule has 0 bridgehead atoms. The van der Waals surface area contributed by atoms with Crippen molar-refractivity contribution >= 4 is 55.0 Å². The molecule has 0 atom stereocenters. The Morgan fingerprint density at radius 1 is 1.09 bits per heavy atom. The maximum absolute atomic E-state index is 13.8. The van der Waals surface area contributed by atoms with Crippen LogP contribution in [0.1, 0.15) is 9.67 Å². The zero-order valence-corrected chi connectivity index (χ0v) is 15.4. The number of halogens is 3. The van der Waals surface area contributed by atoms with Crippen LogP contribution in [0.25, 0.3) is 11.3 Å². The summed E-state index contributed by atoms with van der Waals surface area (Å²) in [6.07, 6.45) is 0. The number of aromatic nitrogens is 2. The Morgan fingerprint density at radius 3 is 2.48 bits per heavy atom. The van der Waals surface area contributed by atoms with E-state index >= 15 is 0 Å². The van der Waals surface area contributed by atoms with Crippen molar-refractivity contribution in [3.63, 3.8) is 0 Å². The fourth-order valence-corrected chi connectivity index (χ4v) is 3.09. The third-order valence-corrected chi connectivity index (χ3v) is 4.74. The van der Waals surface area contributed by atoms with Crippen molar-refractivity contribution in [2.75, 3.05) is 5.32 Å². The third kappa shape index (κ3) is 3.65. The fraction of sp³-hybridized carbons (Fsp3) is 0. The zero-order valence-electron chi connectivity index (χ0n) is 11.4. The van der Waals surface area contributed by atoms with Gasteiger partial charge in [0.15, 0.2) is 0 Å². The van der Waals surface area contributed by atoms with Gasteiger partial charge in [-0.2, -0.15) is 0 Å². The second kappa shape index (κ2) is 6.86. The SMILES string of the molecule is O=C(Nc1ccc(Br)cc1F)c1snnc1-c1ccc(Br)cc1. The van der Waals surface area contributed by atoms with E-state index in [0.29, 0.717) is 15.0 Å². The first-order valence-corrected chi connectivity index (χ1v) is 8.75. The molecule has 1 N–H and O–H groups in total. The summed E-state index contributed by atoms with van der Waals surface area (Å²) >= 11 is 7.50. The standard InChI is InChI=1S/C15H8Br2FN3OS/c16-9-3-1-8(2-4-9)13-14(23-21-20-13)15(22)19-12-6-5-10(17)7-11(12)18/h1-7H,(H,19,22). The molecule has 2 aromatic carbocycles. The molecule has 1 aromatic heterocycles. The zero-order chi connectivity index (χ0) is 16.4. The first kappa shape index (κ1) is 16.2. The van der Waals surface area contributed by atoms with Crippen LogP contribution >= 0.6 is 43.4 Å². The maximum atomic E-state index is 13.8. The lowest BCUT2D eigenvalue weighted by Crippen LogP contribution is -2.12. The van der Waals surface area contributed by atoms with Crippen LogP contribution < -0.4 is 5.32 Å². The van der Waals surface area contributed by atoms with Crippen LogP contribution in [0.15, 0.2) is 51.4 Å². The number of hydrogen-bond acceptors (Lipinski definition) is 4. The van der Waals surface area contributed by atoms with Gasteiger partial charge in [0.05, 0.1) is 5.69 Å². The molecule has 0 spiro atoms. The van der Waals surface area contributed by atoms with E-state index in [4.69, 9.17) is 0 Å². The molecule has 3 rings (SSSR count). The summed E-state index contributed by atoms with van der Waals surface area (Å²) < 4.78 is 19.2. The van der Waals surface area contributed by atoms with Crippen LogP contribution in [0.2, 0.25) is 0 Å². The Hall–Kier alpha value is -1.64. The van der Waals surface area contributed by atoms with E-state index in [0.717, 1.165) is 21.6 Å². The summed E-state index contributed by atoms with van der Waals surface area (Å²) in [5.41, 5.74) is 1.34. The fourth-order valence-electron chi connectivity index (χ4n) is 1.91. The summed E-state index contributed by atoms with van der Waals surface area (Å²) in [5, 5.41) is 6.55. The van der Waals surface area contributed by atoms with Crippen LogP contribution in [0.4, 0.5) is 10.1 Å². The molecular weight excluding hydrogens is 449 g/mol. The van der Waals surface area contributed by atoms with Gasteiger partial charge < -0.3 is 5.32 Å². The van der Waals surface area contributed by atoms with E-state index in [1.807, 2.05) is 24.3 Å². The number of nitrogens with one attached hydrogen (secondary N) is 1. The summed E-state index contributed by atoms with van der Waals surface area (Å²) in [6, 6.07) is 11.8. The molecule has 1 heterocycles. The first-order valence-electron chi connectivity index (χ1n) is 6.39. The molecule has 8 heteroatoms. The van der Waals surface area contributed by atoms with Gasteiger partial charge in [-0.25, -0.2) is 4.39 Å². The van der Waals surface area contributed by atoms with Crippen molar-refractivity contribution in [1.82, 2.24) is 9.59 Å². The highest BCUT2D eigenvalue weighted by Crippen LogP contribution is 2.27. The first-order chi connectivity index (χ1) is 11.0. The smallest absolute Gasteiger partial charge is 0.269 e. The highest BCUT2D eigenvalue weighted by Gasteiger charge is 2.19. The Kier molecular flexibility index (Phi) is 4.84. The summed E-state index contributed by atoms with van der Waals surface area (Å²) in [7, 11) is 0. The van der Waals surface area contributed by atoms with Crippen LogP contribution in [-0.2, 0) is 0 Å². The number of carbonyl (C=O) groups excluding carboxylic acids is 1. The predicted molar refractivity (Wildman–Crippen MR) is 95.1 cm³/mol. The van der Waals surface area contributed by atoms with Gasteiger partial charge in [-0.05, 0) is 41.9 Å². The molecular formula is C15H8Br2FN3OS. The van der Waals surface area contributed by atoms with E-state index in [9.17, 15) is 9.18 Å². The molecule has 4 nitrogen and oxygen atoms in total. The van der Waals surface area contributed by atoms with Gasteiger partial charge in [-0.3, -0.25) is 4.79 Å². The molecule has 23 heavy (non-hydrogen) atoms. The highest BCUT2D eigenvalue weighted by atomic mass is 79.9. The van der Waals surface area contributed by atoms with Gasteiger partial charge in [0.25, 0.3) is 5.91 Å². The summed E-state index contributed by atoms with van der Waals surface area (Å²) in [5.74, 6) is -0.963. The van der Waals surface area contributed by atoms with E-state index < -0.39 is 11.7 Å². The molecule has 0 aliphatic carbocycles. The van der Waals surface area contributed by atoms with Gasteiger partial charge in [-0.1, -0.05) is 48.5 Å². The van der Waals surface area contributed by atoms with Gasteiger partial charge in [-0.15, -0.1) is 5.10 Å². The van der Waals surface area contributed by atoms with Crippen LogP contribution in [-0.4, -0.2) is 15.5 Å². The van der Waals surface area contributed by atoms with Gasteiger partial charge in [0.1, 0.15) is 16.4 Å². The number of amides is 1. The Labute approximate surface area is 152 Å². The molecule has 0 unspecified atom stereocenters. The molecule has 0 aliphatic rings. The Morgan fingerprint density at radius 2 is 1.78 bits per heavy atom. The third-order valence-electron chi connectivity index (χ3n) is 2.99. The van der Waals surface area contributed by atoms with Gasteiger partial charge in [0.2, 0.25) is 0 Å². The van der Waals surface area contributed by atoms with Gasteiger partial charge >= 0.3 is 0 Å². The average Bonchev–Trinajstić information content (AvgIpc) is 3.00. The lowest BCUT2D eigenvalue weighted by Gasteiger charge is -2.06. The van der Waals surface area contributed by atoms with Crippen molar-refractivity contribution in [3.8, 4) is 11.3 Å². The minimum absolute atomic E-state index is 0.105. The second-order valence-electron chi connectivity index (χ2n) is 4.54. The number of benzene rings is 2. The Balaban J connectivity index is 1.89. The number of anilines is 1. The van der Waals surface area contributed by atoms with Crippen molar-refractivity contribution < 1.29 is 9.18 Å². The molecule has 1 amide bonds. The van der Waals surface area contributed by atoms with Crippen molar-refractivity contribution in [2.24, 2.45) is 0 Å². The summed E-state index contributed by atoms with van der Waals surface area (Å²) in [6.45, 7) is 0. The Bertz CT molecular complexity index is 867. The van der Waals surface area contributed by atoms with Crippen molar-refractivity contribution in [3.05, 3.63) is 62.1 Å². The lowest BCUT2D eigenvalue weighted by atomic mass is 10.1. The largest absolute Gasteiger partial charge is 0.319 e. The number of hydrogen-bond donors (Lipinski definition) is 1. The van der Waals surface area contributed by atoms with E-state index in [2.05, 4.69) is 46.8 Å². The topological polar surface area (TPSA) is 54.9 Å². The van der Waals surface area contributed by atoms with Gasteiger partial charge in [0, 0.05) is 14.5 Å². The molecule has 3 aromatic rings. The van der Waals surface area contributed by atoms with Crippen LogP contribution in [0.3, 0.4) is 0 Å². The molecule has 0 fully saturated rings. The number of nitrogens with zero attached hydrogens (tertiary/aromatic N) is 2. The molecule has 0 saturated heterocycles. The minimum atomic E-state index is -0.518. The normalized spacial score (nSPS) is 10.6. The molecule has 116 valence electrons. The highest BCUT2D eigenvalue weighted by molar-refractivity contribution is 9.10. The van der Waals surface area contributed by atoms with E-state index in [1.54, 1.807) is 6.07 Å². The summed E-state index contributed by atoms with van der Waals surface area (Å²) in [4.78, 5) is 12.7. The van der Waals surface area contributed by atoms with Crippen LogP contribution in [0.5, 0.6) is 0 Å². The quantitative estimate of drug-likeness (QED) is 0.594. The predicted octanol–water partition coefficient (Wildman–Crippen LogP) is 5.12. The van der Waals surface area contributed by atoms with Crippen LogP contribution in [0, 0.1) is 5.82 Å². The minimum Gasteiger partial charge on any atom is -0.319 e. The number of carbonyl (C=O) groups is 1. The molecule has 0 aliphatic heterocycles. The van der Waals surface area contributed by atoms with Crippen molar-refractivity contribution in [2.45, 2.75) is 0 Å². The maximum Gasteiger partial charge on any atom is 0.269 e. The lowest BCUT2D eigenvalue weighted by molar-refractivity contribution is 0.103. The monoisotopic (exact) mass is 455 g/mol. The van der Waals surface area contributed by atoms with E-state index in [1.165, 1.54) is 12.1 Å². The molecule has 0 radical (unpaired) electrons. The second-order valence-corrected chi connectivity index (χ2v) is 7.12. The average molecular weight is 457 g/mol. The van der Waals surface area contributed by atoms with E-state index in [-0.39, 0.29) is 5.69 Å².